The standard InChI is InChI=1S/C31H33N7O/c39-30(26-14-12-24(13-15-26)16-20-32-22-25-8-2-1-3-9-25)38(21-7-19-35-31-33-17-6-18-34-31)23-29-36-27-10-4-5-11-28(27)37-29/h1-6,8-15,17-18,32H,7,16,19-23H2,(H,36,37)(H,33,34,35). The van der Waals surface area contributed by atoms with Crippen molar-refractivity contribution in [3.8, 4) is 0 Å². The van der Waals surface area contributed by atoms with Gasteiger partial charge in [0, 0.05) is 37.6 Å². The highest BCUT2D eigenvalue weighted by Crippen LogP contribution is 2.15. The molecule has 0 unspecified atom stereocenters. The average Bonchev–Trinajstić information content (AvgIpc) is 3.40. The predicted molar refractivity (Wildman–Crippen MR) is 154 cm³/mol. The van der Waals surface area contributed by atoms with Crippen LogP contribution in [0.4, 0.5) is 5.95 Å². The van der Waals surface area contributed by atoms with Crippen LogP contribution < -0.4 is 10.6 Å². The first-order valence-electron chi connectivity index (χ1n) is 13.3. The van der Waals surface area contributed by atoms with Crippen LogP contribution in [0, 0.1) is 0 Å². The smallest absolute Gasteiger partial charge is 0.254 e. The summed E-state index contributed by atoms with van der Waals surface area (Å²) >= 11 is 0. The highest BCUT2D eigenvalue weighted by atomic mass is 16.2. The Kier molecular flexibility index (Phi) is 8.89. The first kappa shape index (κ1) is 26.1. The van der Waals surface area contributed by atoms with Crippen LogP contribution in [0.2, 0.25) is 0 Å². The number of rotatable bonds is 13. The van der Waals surface area contributed by atoms with Crippen LogP contribution in [0.15, 0.2) is 97.3 Å². The van der Waals surface area contributed by atoms with E-state index in [9.17, 15) is 4.79 Å². The Bertz CT molecular complexity index is 1420. The zero-order valence-corrected chi connectivity index (χ0v) is 21.9. The molecule has 0 aliphatic heterocycles. The molecule has 8 heteroatoms. The van der Waals surface area contributed by atoms with Gasteiger partial charge in [-0.25, -0.2) is 15.0 Å². The van der Waals surface area contributed by atoms with Crippen LogP contribution in [-0.2, 0) is 19.5 Å². The van der Waals surface area contributed by atoms with Crippen LogP contribution in [0.5, 0.6) is 0 Å². The van der Waals surface area contributed by atoms with Gasteiger partial charge in [0.15, 0.2) is 0 Å². The monoisotopic (exact) mass is 519 g/mol. The molecule has 0 fully saturated rings. The first-order chi connectivity index (χ1) is 19.2. The summed E-state index contributed by atoms with van der Waals surface area (Å²) in [5, 5.41) is 6.70. The van der Waals surface area contributed by atoms with Crippen molar-refractivity contribution in [2.24, 2.45) is 0 Å². The minimum Gasteiger partial charge on any atom is -0.354 e. The Labute approximate surface area is 228 Å². The number of carbonyl (C=O) groups excluding carboxylic acids is 1. The third-order valence-electron chi connectivity index (χ3n) is 6.48. The van der Waals surface area contributed by atoms with Gasteiger partial charge in [-0.1, -0.05) is 54.6 Å². The number of para-hydroxylation sites is 2. The van der Waals surface area contributed by atoms with Crippen LogP contribution in [0.25, 0.3) is 11.0 Å². The number of nitrogens with zero attached hydrogens (tertiary/aromatic N) is 4. The number of H-pyrrole nitrogens is 1. The zero-order chi connectivity index (χ0) is 26.7. The van der Waals surface area contributed by atoms with Gasteiger partial charge in [0.25, 0.3) is 5.91 Å². The molecule has 3 N–H and O–H groups in total. The van der Waals surface area contributed by atoms with Gasteiger partial charge in [-0.05, 0) is 60.8 Å². The normalized spacial score (nSPS) is 11.0. The number of nitrogens with one attached hydrogen (secondary N) is 3. The van der Waals surface area contributed by atoms with Crippen molar-refractivity contribution >= 4 is 22.9 Å². The summed E-state index contributed by atoms with van der Waals surface area (Å²) in [6.45, 7) is 3.35. The molecule has 0 bridgehead atoms. The second-order valence-electron chi connectivity index (χ2n) is 9.39. The number of anilines is 1. The van der Waals surface area contributed by atoms with Crippen LogP contribution in [0.1, 0.15) is 33.7 Å². The minimum absolute atomic E-state index is 0.0137. The van der Waals surface area contributed by atoms with Crippen molar-refractivity contribution in [2.75, 3.05) is 25.0 Å². The molecule has 5 aromatic rings. The molecule has 5 rings (SSSR count). The second-order valence-corrected chi connectivity index (χ2v) is 9.39. The van der Waals surface area contributed by atoms with Crippen molar-refractivity contribution in [2.45, 2.75) is 25.9 Å². The Morgan fingerprint density at radius 2 is 1.59 bits per heavy atom. The fourth-order valence-electron chi connectivity index (χ4n) is 4.43. The Morgan fingerprint density at radius 3 is 2.38 bits per heavy atom. The molecule has 3 aromatic carbocycles. The van der Waals surface area contributed by atoms with E-state index in [2.05, 4.69) is 49.9 Å². The summed E-state index contributed by atoms with van der Waals surface area (Å²) in [5.41, 5.74) is 5.00. The highest BCUT2D eigenvalue weighted by molar-refractivity contribution is 5.94. The summed E-state index contributed by atoms with van der Waals surface area (Å²) in [6.07, 6.45) is 5.05. The van der Waals surface area contributed by atoms with Gasteiger partial charge < -0.3 is 20.5 Å². The number of amides is 1. The fourth-order valence-corrected chi connectivity index (χ4v) is 4.43. The van der Waals surface area contributed by atoms with Crippen LogP contribution in [0.3, 0.4) is 0 Å². The van der Waals surface area contributed by atoms with Crippen LogP contribution >= 0.6 is 0 Å². The lowest BCUT2D eigenvalue weighted by Crippen LogP contribution is -2.33. The number of hydrogen-bond acceptors (Lipinski definition) is 6. The largest absolute Gasteiger partial charge is 0.354 e. The van der Waals surface area contributed by atoms with Crippen molar-refractivity contribution in [3.05, 3.63) is 120 Å². The van der Waals surface area contributed by atoms with Crippen molar-refractivity contribution < 1.29 is 4.79 Å². The van der Waals surface area contributed by atoms with Gasteiger partial charge in [-0.2, -0.15) is 0 Å². The van der Waals surface area contributed by atoms with Gasteiger partial charge >= 0.3 is 0 Å². The molecular formula is C31H33N7O. The predicted octanol–water partition coefficient (Wildman–Crippen LogP) is 4.83. The maximum atomic E-state index is 13.6. The SMILES string of the molecule is O=C(c1ccc(CCNCc2ccccc2)cc1)N(CCCNc1ncccn1)Cc1nc2ccccc2[nH]1. The Morgan fingerprint density at radius 1 is 0.821 bits per heavy atom. The molecule has 0 saturated heterocycles. The summed E-state index contributed by atoms with van der Waals surface area (Å²) in [4.78, 5) is 31.9. The molecule has 0 saturated carbocycles. The third kappa shape index (κ3) is 7.49. The number of hydrogen-bond donors (Lipinski definition) is 3. The van der Waals surface area contributed by atoms with Crippen molar-refractivity contribution in [1.29, 1.82) is 0 Å². The third-order valence-corrected chi connectivity index (χ3v) is 6.48. The molecule has 0 aliphatic rings. The molecule has 0 radical (unpaired) electrons. The number of aromatic nitrogens is 4. The van der Waals surface area contributed by atoms with E-state index in [-0.39, 0.29) is 5.91 Å². The van der Waals surface area contributed by atoms with Crippen molar-refractivity contribution in [1.82, 2.24) is 30.2 Å². The van der Waals surface area contributed by atoms with E-state index in [1.807, 2.05) is 59.5 Å². The molecule has 198 valence electrons. The van der Waals surface area contributed by atoms with E-state index in [4.69, 9.17) is 4.98 Å². The Hall–Kier alpha value is -4.56. The van der Waals surface area contributed by atoms with Gasteiger partial charge in [0.05, 0.1) is 17.6 Å². The molecule has 0 aliphatic carbocycles. The highest BCUT2D eigenvalue weighted by Gasteiger charge is 2.18. The van der Waals surface area contributed by atoms with E-state index in [0.717, 1.165) is 42.8 Å². The van der Waals surface area contributed by atoms with E-state index >= 15 is 0 Å². The molecule has 39 heavy (non-hydrogen) atoms. The minimum atomic E-state index is -0.0137. The topological polar surface area (TPSA) is 98.8 Å². The number of aromatic amines is 1. The molecule has 0 atom stereocenters. The van der Waals surface area contributed by atoms with E-state index in [0.29, 0.717) is 31.1 Å². The zero-order valence-electron chi connectivity index (χ0n) is 21.9. The molecule has 8 nitrogen and oxygen atoms in total. The number of fused-ring (bicyclic) bond motifs is 1. The quantitative estimate of drug-likeness (QED) is 0.193. The molecule has 0 spiro atoms. The first-order valence-corrected chi connectivity index (χ1v) is 13.3. The lowest BCUT2D eigenvalue weighted by molar-refractivity contribution is 0.0739. The molecule has 1 amide bonds. The lowest BCUT2D eigenvalue weighted by atomic mass is 10.1. The summed E-state index contributed by atoms with van der Waals surface area (Å²) in [5.74, 6) is 1.34. The van der Waals surface area contributed by atoms with Gasteiger partial charge in [-0.15, -0.1) is 0 Å². The molecular weight excluding hydrogens is 486 g/mol. The van der Waals surface area contributed by atoms with Gasteiger partial charge in [0.2, 0.25) is 5.95 Å². The van der Waals surface area contributed by atoms with Gasteiger partial charge in [0.1, 0.15) is 5.82 Å². The average molecular weight is 520 g/mol. The lowest BCUT2D eigenvalue weighted by Gasteiger charge is -2.22. The summed E-state index contributed by atoms with van der Waals surface area (Å²) < 4.78 is 0. The van der Waals surface area contributed by atoms with E-state index in [1.54, 1.807) is 18.5 Å². The van der Waals surface area contributed by atoms with Crippen LogP contribution in [-0.4, -0.2) is 50.4 Å². The van der Waals surface area contributed by atoms with Gasteiger partial charge in [-0.3, -0.25) is 4.79 Å². The van der Waals surface area contributed by atoms with Crippen molar-refractivity contribution in [3.63, 3.8) is 0 Å². The Balaban J connectivity index is 1.19. The maximum absolute atomic E-state index is 13.6. The molecule has 2 aromatic heterocycles. The van der Waals surface area contributed by atoms with E-state index < -0.39 is 0 Å². The number of benzene rings is 3. The van der Waals surface area contributed by atoms with E-state index in [1.165, 1.54) is 11.1 Å². The fraction of sp³-hybridized carbons (Fsp3) is 0.226. The maximum Gasteiger partial charge on any atom is 0.254 e. The summed E-state index contributed by atoms with van der Waals surface area (Å²) in [6, 6.07) is 28.0. The molecule has 2 heterocycles. The number of carbonyl (C=O) groups is 1. The summed E-state index contributed by atoms with van der Waals surface area (Å²) in [7, 11) is 0. The number of imidazole rings is 1. The second kappa shape index (κ2) is 13.3.